The van der Waals surface area contributed by atoms with Crippen LogP contribution in [0.25, 0.3) is 37.1 Å². The van der Waals surface area contributed by atoms with E-state index in [2.05, 4.69) is 25.0 Å². The summed E-state index contributed by atoms with van der Waals surface area (Å²) in [4.78, 5) is 12.8. The summed E-state index contributed by atoms with van der Waals surface area (Å²) >= 11 is 13.7. The largest absolute Gasteiger partial charge is 0.259 e. The number of rotatable bonds is 3. The van der Waals surface area contributed by atoms with Crippen LogP contribution in [0.4, 0.5) is 10.1 Å². The van der Waals surface area contributed by atoms with Crippen molar-refractivity contribution >= 4 is 40.2 Å². The van der Waals surface area contributed by atoms with E-state index in [1.165, 1.54) is 29.9 Å². The summed E-state index contributed by atoms with van der Waals surface area (Å²) in [7, 11) is 0. The number of nitrogens with one attached hydrogen (secondary N) is 1. The third-order valence-corrected chi connectivity index (χ3v) is 5.60. The van der Waals surface area contributed by atoms with E-state index in [1.807, 2.05) is 0 Å². The average molecular weight is 416 g/mol. The molecule has 0 amide bonds. The zero-order chi connectivity index (χ0) is 19.0. The van der Waals surface area contributed by atoms with Crippen LogP contribution >= 0.6 is 34.5 Å². The molecule has 0 aliphatic rings. The van der Waals surface area contributed by atoms with Gasteiger partial charge < -0.3 is 0 Å². The number of thiophene rings is 1. The highest BCUT2D eigenvalue weighted by Gasteiger charge is 2.25. The molecule has 0 saturated carbocycles. The van der Waals surface area contributed by atoms with Gasteiger partial charge in [-0.1, -0.05) is 29.3 Å². The maximum atomic E-state index is 13.7. The lowest BCUT2D eigenvalue weighted by atomic mass is 10.0. The quantitative estimate of drug-likeness (QED) is 0.317. The highest BCUT2D eigenvalue weighted by molar-refractivity contribution is 7.20. The summed E-state index contributed by atoms with van der Waals surface area (Å²) in [5, 5.41) is 7.59. The minimum Gasteiger partial charge on any atom is -0.259 e. The van der Waals surface area contributed by atoms with Crippen molar-refractivity contribution in [3.63, 3.8) is 0 Å². The van der Waals surface area contributed by atoms with Crippen LogP contribution < -0.4 is 0 Å². The van der Waals surface area contributed by atoms with Crippen LogP contribution in [0.15, 0.2) is 42.9 Å². The Morgan fingerprint density at radius 2 is 1.96 bits per heavy atom. The van der Waals surface area contributed by atoms with Crippen molar-refractivity contribution in [3.05, 3.63) is 70.3 Å². The lowest BCUT2D eigenvalue weighted by molar-refractivity contribution is 0.584. The fraction of sp³-hybridized carbons (Fsp3) is 0. The van der Waals surface area contributed by atoms with Crippen molar-refractivity contribution in [2.45, 2.75) is 0 Å². The van der Waals surface area contributed by atoms with Gasteiger partial charge in [-0.15, -0.1) is 11.3 Å². The van der Waals surface area contributed by atoms with Crippen molar-refractivity contribution in [1.82, 2.24) is 20.2 Å². The molecule has 4 aromatic rings. The zero-order valence-corrected chi connectivity index (χ0v) is 15.7. The molecule has 0 unspecified atom stereocenters. The first kappa shape index (κ1) is 17.6. The number of aromatic nitrogens is 4. The molecule has 9 heteroatoms. The highest BCUT2D eigenvalue weighted by atomic mass is 35.5. The third-order valence-electron chi connectivity index (χ3n) is 3.81. The second-order valence-corrected chi connectivity index (χ2v) is 7.29. The molecule has 0 fully saturated rings. The first-order chi connectivity index (χ1) is 13.1. The molecule has 1 N–H and O–H groups in total. The van der Waals surface area contributed by atoms with E-state index < -0.39 is 5.95 Å². The Labute approximate surface area is 167 Å². The van der Waals surface area contributed by atoms with E-state index in [1.54, 1.807) is 24.3 Å². The van der Waals surface area contributed by atoms with Gasteiger partial charge in [0.15, 0.2) is 5.82 Å². The minimum absolute atomic E-state index is 0.348. The zero-order valence-electron chi connectivity index (χ0n) is 13.4. The number of hydrogen-bond acceptors (Lipinski definition) is 4. The predicted octanol–water partition coefficient (Wildman–Crippen LogP) is 6.26. The van der Waals surface area contributed by atoms with Gasteiger partial charge in [0.25, 0.3) is 0 Å². The van der Waals surface area contributed by atoms with Gasteiger partial charge in [0, 0.05) is 32.7 Å². The Bertz CT molecular complexity index is 1180. The number of H-pyrrole nitrogens is 1. The molecule has 0 aliphatic carbocycles. The molecular formula is C18H8Cl2FN5S. The van der Waals surface area contributed by atoms with Gasteiger partial charge in [-0.05, 0) is 29.3 Å². The Kier molecular flexibility index (Phi) is 4.62. The fourth-order valence-electron chi connectivity index (χ4n) is 2.69. The van der Waals surface area contributed by atoms with Crippen molar-refractivity contribution in [1.29, 1.82) is 0 Å². The first-order valence-corrected chi connectivity index (χ1v) is 9.13. The summed E-state index contributed by atoms with van der Waals surface area (Å²) in [6, 6.07) is 8.00. The molecule has 132 valence electrons. The molecule has 0 saturated heterocycles. The van der Waals surface area contributed by atoms with Crippen LogP contribution in [0.1, 0.15) is 0 Å². The molecule has 0 radical (unpaired) electrons. The number of hydrogen-bond donors (Lipinski definition) is 1. The van der Waals surface area contributed by atoms with Crippen LogP contribution in [-0.2, 0) is 0 Å². The minimum atomic E-state index is -0.621. The molecule has 0 bridgehead atoms. The standard InChI is InChI=1S/C18H8Cl2FN5S/c1-22-15-14(11-3-2-10(19)7-12(11)20)17(18-24-8-25-26-18)27-16(15)9-4-5-23-13(21)6-9/h2-8H,(H,24,25,26). The van der Waals surface area contributed by atoms with E-state index in [0.29, 0.717) is 48.0 Å². The van der Waals surface area contributed by atoms with Gasteiger partial charge in [-0.3, -0.25) is 5.10 Å². The second-order valence-electron chi connectivity index (χ2n) is 5.42. The number of pyridine rings is 1. The first-order valence-electron chi connectivity index (χ1n) is 7.56. The SMILES string of the molecule is [C-]#[N+]c1c(-c2ccnc(F)c2)sc(-c2ncn[nH]2)c1-c1ccc(Cl)cc1Cl. The van der Waals surface area contributed by atoms with Gasteiger partial charge in [-0.2, -0.15) is 9.49 Å². The molecule has 3 aromatic heterocycles. The van der Waals surface area contributed by atoms with E-state index in [0.717, 1.165) is 0 Å². The lowest BCUT2D eigenvalue weighted by Crippen LogP contribution is -1.84. The maximum Gasteiger partial charge on any atom is 0.213 e. The lowest BCUT2D eigenvalue weighted by Gasteiger charge is -2.07. The third kappa shape index (κ3) is 3.19. The Hall–Kier alpha value is -2.79. The smallest absolute Gasteiger partial charge is 0.213 e. The maximum absolute atomic E-state index is 13.7. The van der Waals surface area contributed by atoms with Crippen LogP contribution in [0.5, 0.6) is 0 Å². The molecule has 0 spiro atoms. The Morgan fingerprint density at radius 1 is 1.11 bits per heavy atom. The molecular weight excluding hydrogens is 408 g/mol. The summed E-state index contributed by atoms with van der Waals surface area (Å²) < 4.78 is 13.7. The highest BCUT2D eigenvalue weighted by Crippen LogP contribution is 2.52. The van der Waals surface area contributed by atoms with Crippen LogP contribution in [0.2, 0.25) is 10.0 Å². The number of aromatic amines is 1. The van der Waals surface area contributed by atoms with Gasteiger partial charge in [0.2, 0.25) is 11.6 Å². The molecule has 1 aromatic carbocycles. The second kappa shape index (κ2) is 7.08. The van der Waals surface area contributed by atoms with E-state index in [9.17, 15) is 4.39 Å². The molecule has 0 atom stereocenters. The van der Waals surface area contributed by atoms with Gasteiger partial charge in [-0.25, -0.2) is 14.8 Å². The van der Waals surface area contributed by atoms with Gasteiger partial charge >= 0.3 is 0 Å². The molecule has 5 nitrogen and oxygen atoms in total. The number of halogens is 3. The van der Waals surface area contributed by atoms with E-state index in [4.69, 9.17) is 29.8 Å². The van der Waals surface area contributed by atoms with Crippen molar-refractivity contribution in [3.8, 4) is 32.3 Å². The molecule has 27 heavy (non-hydrogen) atoms. The van der Waals surface area contributed by atoms with E-state index in [-0.39, 0.29) is 0 Å². The summed E-state index contributed by atoms with van der Waals surface area (Å²) in [6.45, 7) is 7.74. The fourth-order valence-corrected chi connectivity index (χ4v) is 4.39. The van der Waals surface area contributed by atoms with Crippen LogP contribution in [0.3, 0.4) is 0 Å². The van der Waals surface area contributed by atoms with Crippen LogP contribution in [0, 0.1) is 12.5 Å². The monoisotopic (exact) mass is 415 g/mol. The number of nitrogens with zero attached hydrogens (tertiary/aromatic N) is 4. The predicted molar refractivity (Wildman–Crippen MR) is 105 cm³/mol. The number of benzene rings is 1. The topological polar surface area (TPSA) is 58.8 Å². The van der Waals surface area contributed by atoms with Crippen LogP contribution in [-0.4, -0.2) is 20.2 Å². The van der Waals surface area contributed by atoms with Gasteiger partial charge in [0.05, 0.1) is 11.4 Å². The van der Waals surface area contributed by atoms with Crippen molar-refractivity contribution in [2.24, 2.45) is 0 Å². The average Bonchev–Trinajstić information content (AvgIpc) is 3.29. The van der Waals surface area contributed by atoms with E-state index >= 15 is 0 Å². The molecule has 4 rings (SSSR count). The van der Waals surface area contributed by atoms with Gasteiger partial charge in [0.1, 0.15) is 6.33 Å². The van der Waals surface area contributed by atoms with Crippen molar-refractivity contribution < 1.29 is 4.39 Å². The summed E-state index contributed by atoms with van der Waals surface area (Å²) in [5.41, 5.74) is 2.13. The Morgan fingerprint density at radius 3 is 2.63 bits per heavy atom. The van der Waals surface area contributed by atoms with Crippen molar-refractivity contribution in [2.75, 3.05) is 0 Å². The Balaban J connectivity index is 2.06. The molecule has 0 aliphatic heterocycles. The molecule has 3 heterocycles. The summed E-state index contributed by atoms with van der Waals surface area (Å²) in [6.07, 6.45) is 2.74. The normalized spacial score (nSPS) is 10.7. The summed E-state index contributed by atoms with van der Waals surface area (Å²) in [5.74, 6) is -0.129.